The molecule has 0 bridgehead atoms. The molecule has 0 aromatic carbocycles. The molecule has 70 heavy (non-hydrogen) atoms. The largest absolute Gasteiger partial charge is 0.342 e. The van der Waals surface area contributed by atoms with E-state index in [2.05, 4.69) is 77.5 Å². The molecule has 1 aliphatic rings. The molecule has 1 heterocycles. The summed E-state index contributed by atoms with van der Waals surface area (Å²) in [5.74, 6) is 3.52. The topological polar surface area (TPSA) is 23.6 Å². The zero-order valence-electron chi connectivity index (χ0n) is 49.7. The molecule has 0 spiro atoms. The molecule has 3 nitrogen and oxygen atoms in total. The molecular formula is C67H132N2O. The first-order valence-corrected chi connectivity index (χ1v) is 32.6. The van der Waals surface area contributed by atoms with Gasteiger partial charge in [-0.25, -0.2) is 0 Å². The van der Waals surface area contributed by atoms with Gasteiger partial charge in [0.1, 0.15) is 0 Å². The van der Waals surface area contributed by atoms with Crippen LogP contribution in [0, 0.1) is 23.7 Å². The maximum atomic E-state index is 13.2. The van der Waals surface area contributed by atoms with Crippen molar-refractivity contribution in [2.24, 2.45) is 23.7 Å². The van der Waals surface area contributed by atoms with Crippen LogP contribution in [0.4, 0.5) is 0 Å². The van der Waals surface area contributed by atoms with Crippen molar-refractivity contribution in [3.05, 3.63) is 24.8 Å². The Morgan fingerprint density at radius 2 is 0.843 bits per heavy atom. The Kier molecular flexibility index (Phi) is 53.3. The van der Waals surface area contributed by atoms with Crippen LogP contribution in [0.2, 0.25) is 0 Å². The third-order valence-corrected chi connectivity index (χ3v) is 16.7. The minimum absolute atomic E-state index is 0.402. The Balaban J connectivity index is 0.00000161. The number of hydrogen-bond acceptors (Lipinski definition) is 2. The van der Waals surface area contributed by atoms with E-state index in [4.69, 9.17) is 0 Å². The number of carbonyl (C=O) groups is 1. The number of rotatable bonds is 52. The fourth-order valence-corrected chi connectivity index (χ4v) is 11.7. The van der Waals surface area contributed by atoms with Gasteiger partial charge in [-0.05, 0) is 94.7 Å². The van der Waals surface area contributed by atoms with Gasteiger partial charge >= 0.3 is 0 Å². The van der Waals surface area contributed by atoms with Crippen molar-refractivity contribution in [2.45, 2.75) is 344 Å². The fourth-order valence-electron chi connectivity index (χ4n) is 11.7. The number of nitrogens with zero attached hydrogens (tertiary/aromatic N) is 2. The van der Waals surface area contributed by atoms with Crippen LogP contribution in [0.25, 0.3) is 0 Å². The lowest BCUT2D eigenvalue weighted by molar-refractivity contribution is -0.134. The standard InChI is InChI=1S/C42H82N2O.C25H50/c1-7-12-14-16-18-20-22-24-28-40(29-25-23-21-19-17-15-13-8-2)32-31-38(6)34-41-35-39(9-3)36-44(37-41)42(45)30-26-27-33-43(10-4)11-5;1-4-7-10-12-14-16-18-20-23-25(22-9-6-3)24-21-19-17-15-13-11-8-5-2/h39-41H,6-37H2,1-5H3;6,25H,3-5,7-24H2,1-2H3. The first kappa shape index (κ1) is 68.9. The molecular weight excluding hydrogens is 849 g/mol. The van der Waals surface area contributed by atoms with Gasteiger partial charge in [0, 0.05) is 19.5 Å². The van der Waals surface area contributed by atoms with E-state index in [-0.39, 0.29) is 0 Å². The van der Waals surface area contributed by atoms with E-state index in [9.17, 15) is 4.79 Å². The predicted molar refractivity (Wildman–Crippen MR) is 318 cm³/mol. The summed E-state index contributed by atoms with van der Waals surface area (Å²) in [6.45, 7) is 29.8. The van der Waals surface area contributed by atoms with Crippen molar-refractivity contribution >= 4 is 5.91 Å². The molecule has 1 saturated heterocycles. The molecule has 2 atom stereocenters. The van der Waals surface area contributed by atoms with Crippen LogP contribution in [-0.4, -0.2) is 48.4 Å². The molecule has 1 fully saturated rings. The lowest BCUT2D eigenvalue weighted by atomic mass is 9.82. The van der Waals surface area contributed by atoms with E-state index >= 15 is 0 Å². The lowest BCUT2D eigenvalue weighted by Crippen LogP contribution is -2.44. The molecule has 0 aliphatic carbocycles. The molecule has 0 radical (unpaired) electrons. The van der Waals surface area contributed by atoms with Crippen LogP contribution >= 0.6 is 0 Å². The van der Waals surface area contributed by atoms with Gasteiger partial charge in [-0.2, -0.15) is 0 Å². The van der Waals surface area contributed by atoms with Crippen molar-refractivity contribution in [3.63, 3.8) is 0 Å². The summed E-state index contributed by atoms with van der Waals surface area (Å²) in [7, 11) is 0. The van der Waals surface area contributed by atoms with Crippen molar-refractivity contribution in [1.29, 1.82) is 0 Å². The van der Waals surface area contributed by atoms with Gasteiger partial charge in [0.2, 0.25) is 5.91 Å². The van der Waals surface area contributed by atoms with Crippen LogP contribution in [0.15, 0.2) is 24.8 Å². The molecule has 3 heteroatoms. The quantitative estimate of drug-likeness (QED) is 0.0448. The summed E-state index contributed by atoms with van der Waals surface area (Å²) >= 11 is 0. The predicted octanol–water partition coefficient (Wildman–Crippen LogP) is 22.4. The summed E-state index contributed by atoms with van der Waals surface area (Å²) in [5.41, 5.74) is 1.46. The summed E-state index contributed by atoms with van der Waals surface area (Å²) in [6.07, 6.45) is 65.4. The minimum atomic E-state index is 0.402. The van der Waals surface area contributed by atoms with E-state index in [1.165, 1.54) is 275 Å². The van der Waals surface area contributed by atoms with Crippen LogP contribution in [-0.2, 0) is 4.79 Å². The highest BCUT2D eigenvalue weighted by Gasteiger charge is 2.29. The number of unbranched alkanes of at least 4 members (excludes halogenated alkanes) is 29. The van der Waals surface area contributed by atoms with Gasteiger partial charge in [-0.1, -0.05) is 304 Å². The molecule has 0 aromatic heterocycles. The Bertz CT molecular complexity index is 1040. The Morgan fingerprint density at radius 1 is 0.471 bits per heavy atom. The number of carbonyl (C=O) groups excluding carboxylic acids is 1. The summed E-state index contributed by atoms with van der Waals surface area (Å²) in [5, 5.41) is 0. The van der Waals surface area contributed by atoms with Gasteiger partial charge in [-0.15, -0.1) is 6.58 Å². The minimum Gasteiger partial charge on any atom is -0.342 e. The summed E-state index contributed by atoms with van der Waals surface area (Å²) < 4.78 is 0. The SMILES string of the molecule is C=C(CCC(CCCCCCCCCC)CCCCCCCCCC)CC1CC(CC)CN(C(=O)CCCCN(CC)CC)C1.C=CCCC(CCCCCCCCCC)CCCCCCCCCC. The monoisotopic (exact) mass is 981 g/mol. The van der Waals surface area contributed by atoms with Crippen LogP contribution in [0.5, 0.6) is 0 Å². The molecule has 0 saturated carbocycles. The van der Waals surface area contributed by atoms with E-state index < -0.39 is 0 Å². The Labute approximate surface area is 443 Å². The second-order valence-electron chi connectivity index (χ2n) is 23.3. The first-order valence-electron chi connectivity index (χ1n) is 32.6. The normalized spacial score (nSPS) is 15.0. The lowest BCUT2D eigenvalue weighted by Gasteiger charge is -2.38. The smallest absolute Gasteiger partial charge is 0.222 e. The third-order valence-electron chi connectivity index (χ3n) is 16.7. The molecule has 416 valence electrons. The highest BCUT2D eigenvalue weighted by atomic mass is 16.2. The number of hydrogen-bond donors (Lipinski definition) is 0. The van der Waals surface area contributed by atoms with Gasteiger partial charge in [0.15, 0.2) is 0 Å². The van der Waals surface area contributed by atoms with Crippen LogP contribution < -0.4 is 0 Å². The average Bonchev–Trinajstić information content (AvgIpc) is 3.37. The van der Waals surface area contributed by atoms with Crippen molar-refractivity contribution in [1.82, 2.24) is 9.80 Å². The third kappa shape index (κ3) is 44.4. The van der Waals surface area contributed by atoms with Crippen LogP contribution in [0.3, 0.4) is 0 Å². The van der Waals surface area contributed by atoms with Crippen molar-refractivity contribution in [3.8, 4) is 0 Å². The first-order chi connectivity index (χ1) is 34.3. The van der Waals surface area contributed by atoms with Gasteiger partial charge in [0.25, 0.3) is 0 Å². The van der Waals surface area contributed by atoms with Gasteiger partial charge in [-0.3, -0.25) is 4.79 Å². The maximum Gasteiger partial charge on any atom is 0.222 e. The van der Waals surface area contributed by atoms with Gasteiger partial charge < -0.3 is 9.80 Å². The Hall–Kier alpha value is -1.09. The molecule has 1 amide bonds. The maximum absolute atomic E-state index is 13.2. The molecule has 2 unspecified atom stereocenters. The molecule has 0 aromatic rings. The number of likely N-dealkylation sites (tertiary alicyclic amines) is 1. The number of allylic oxidation sites excluding steroid dienone is 2. The zero-order chi connectivity index (χ0) is 51.4. The molecule has 1 rings (SSSR count). The van der Waals surface area contributed by atoms with Gasteiger partial charge in [0.05, 0.1) is 0 Å². The molecule has 0 N–H and O–H groups in total. The van der Waals surface area contributed by atoms with E-state index in [1.807, 2.05) is 0 Å². The van der Waals surface area contributed by atoms with E-state index in [0.29, 0.717) is 17.7 Å². The average molecular weight is 982 g/mol. The second kappa shape index (κ2) is 54.2. The number of amides is 1. The van der Waals surface area contributed by atoms with Crippen molar-refractivity contribution in [2.75, 3.05) is 32.7 Å². The molecule has 1 aliphatic heterocycles. The Morgan fingerprint density at radius 3 is 1.21 bits per heavy atom. The number of piperidine rings is 1. The highest BCUT2D eigenvalue weighted by Crippen LogP contribution is 2.32. The highest BCUT2D eigenvalue weighted by molar-refractivity contribution is 5.76. The fraction of sp³-hybridized carbons (Fsp3) is 0.925. The zero-order valence-corrected chi connectivity index (χ0v) is 49.7. The summed E-state index contributed by atoms with van der Waals surface area (Å²) in [4.78, 5) is 17.9. The van der Waals surface area contributed by atoms with Crippen LogP contribution in [0.1, 0.15) is 344 Å². The summed E-state index contributed by atoms with van der Waals surface area (Å²) in [6, 6.07) is 0. The van der Waals surface area contributed by atoms with E-state index in [0.717, 1.165) is 70.2 Å². The second-order valence-corrected chi connectivity index (χ2v) is 23.3. The van der Waals surface area contributed by atoms with Crippen molar-refractivity contribution < 1.29 is 4.79 Å². The van der Waals surface area contributed by atoms with E-state index in [1.54, 1.807) is 0 Å².